The molecule has 0 heterocycles. The third-order valence-corrected chi connectivity index (χ3v) is 3.01. The van der Waals surface area contributed by atoms with E-state index < -0.39 is 18.9 Å². The first kappa shape index (κ1) is 17.0. The number of benzene rings is 1. The fraction of sp³-hybridized carbons (Fsp3) is 0.600. The van der Waals surface area contributed by atoms with Gasteiger partial charge in [-0.25, -0.2) is 0 Å². The van der Waals surface area contributed by atoms with Gasteiger partial charge in [0.1, 0.15) is 6.61 Å². The van der Waals surface area contributed by atoms with Gasteiger partial charge in [-0.05, 0) is 24.9 Å². The maximum absolute atomic E-state index is 12.3. The molecule has 2 unspecified atom stereocenters. The Balaban J connectivity index is 2.78. The monoisotopic (exact) mass is 289 g/mol. The predicted molar refractivity (Wildman–Crippen MR) is 73.6 cm³/mol. The van der Waals surface area contributed by atoms with Crippen LogP contribution in [0.25, 0.3) is 0 Å². The van der Waals surface area contributed by atoms with Crippen LogP contribution in [-0.4, -0.2) is 25.4 Å². The van der Waals surface area contributed by atoms with Crippen LogP contribution in [0.3, 0.4) is 0 Å². The third kappa shape index (κ3) is 5.92. The topological polar surface area (TPSA) is 21.3 Å². The molecule has 1 N–H and O–H groups in total. The molecule has 1 rings (SSSR count). The maximum atomic E-state index is 12.3. The average molecular weight is 289 g/mol. The van der Waals surface area contributed by atoms with Crippen LogP contribution < -0.4 is 5.32 Å². The van der Waals surface area contributed by atoms with E-state index in [9.17, 15) is 13.2 Å². The lowest BCUT2D eigenvalue weighted by Gasteiger charge is -2.28. The molecule has 0 spiro atoms. The predicted octanol–water partition coefficient (Wildman–Crippen LogP) is 4.08. The number of rotatable bonds is 8. The quantitative estimate of drug-likeness (QED) is 0.778. The van der Waals surface area contributed by atoms with Gasteiger partial charge >= 0.3 is 6.18 Å². The van der Waals surface area contributed by atoms with E-state index in [1.165, 1.54) is 0 Å². The molecule has 2 nitrogen and oxygen atoms in total. The number of hydrogen-bond acceptors (Lipinski definition) is 2. The van der Waals surface area contributed by atoms with E-state index in [1.54, 1.807) is 0 Å². The van der Waals surface area contributed by atoms with Crippen molar-refractivity contribution in [2.45, 2.75) is 45.0 Å². The van der Waals surface area contributed by atoms with Crippen LogP contribution in [0.15, 0.2) is 30.3 Å². The minimum Gasteiger partial charge on any atom is -0.367 e. The Morgan fingerprint density at radius 3 is 2.30 bits per heavy atom. The molecule has 0 radical (unpaired) electrons. The summed E-state index contributed by atoms with van der Waals surface area (Å²) in [6.07, 6.45) is -3.35. The highest BCUT2D eigenvalue weighted by Gasteiger charge is 2.31. The van der Waals surface area contributed by atoms with Crippen LogP contribution in [0.1, 0.15) is 38.3 Å². The number of halogens is 3. The molecule has 114 valence electrons. The summed E-state index contributed by atoms with van der Waals surface area (Å²) in [7, 11) is 0. The van der Waals surface area contributed by atoms with Crippen molar-refractivity contribution in [3.8, 4) is 0 Å². The van der Waals surface area contributed by atoms with Crippen molar-refractivity contribution in [3.63, 3.8) is 0 Å². The first-order chi connectivity index (χ1) is 9.48. The Kier molecular flexibility index (Phi) is 7.02. The molecule has 2 atom stereocenters. The van der Waals surface area contributed by atoms with Gasteiger partial charge in [0.05, 0.1) is 12.1 Å². The van der Waals surface area contributed by atoms with Gasteiger partial charge in [-0.15, -0.1) is 0 Å². The minimum absolute atomic E-state index is 0.219. The summed E-state index contributed by atoms with van der Waals surface area (Å²) in [5.74, 6) is 0. The molecule has 0 fully saturated rings. The second kappa shape index (κ2) is 8.27. The summed E-state index contributed by atoms with van der Waals surface area (Å²) in [6, 6.07) is 9.25. The van der Waals surface area contributed by atoms with E-state index >= 15 is 0 Å². The van der Waals surface area contributed by atoms with Gasteiger partial charge in [-0.2, -0.15) is 13.2 Å². The second-order valence-electron chi connectivity index (χ2n) is 4.72. The minimum atomic E-state index is -4.29. The van der Waals surface area contributed by atoms with Crippen molar-refractivity contribution in [1.29, 1.82) is 0 Å². The van der Waals surface area contributed by atoms with Crippen molar-refractivity contribution in [2.24, 2.45) is 0 Å². The third-order valence-electron chi connectivity index (χ3n) is 3.01. The van der Waals surface area contributed by atoms with E-state index in [2.05, 4.69) is 5.32 Å². The molecular weight excluding hydrogens is 267 g/mol. The molecule has 0 amide bonds. The van der Waals surface area contributed by atoms with Crippen molar-refractivity contribution in [2.75, 3.05) is 13.2 Å². The van der Waals surface area contributed by atoms with Crippen LogP contribution in [0.4, 0.5) is 13.2 Å². The zero-order valence-corrected chi connectivity index (χ0v) is 11.9. The number of hydrogen-bond donors (Lipinski definition) is 1. The lowest BCUT2D eigenvalue weighted by Crippen LogP contribution is -2.36. The van der Waals surface area contributed by atoms with Crippen LogP contribution in [0, 0.1) is 0 Å². The molecule has 20 heavy (non-hydrogen) atoms. The standard InChI is InChI=1S/C15H22F3NO/c1-3-10-19-14(12-8-6-5-7-9-12)13(4-2)20-11-15(16,17)18/h5-9,13-14,19H,3-4,10-11H2,1-2H3. The molecule has 0 bridgehead atoms. The van der Waals surface area contributed by atoms with Gasteiger partial charge in [-0.3, -0.25) is 0 Å². The lowest BCUT2D eigenvalue weighted by molar-refractivity contribution is -0.188. The number of nitrogens with one attached hydrogen (secondary N) is 1. The zero-order valence-electron chi connectivity index (χ0n) is 11.9. The Morgan fingerprint density at radius 2 is 1.80 bits per heavy atom. The highest BCUT2D eigenvalue weighted by Crippen LogP contribution is 2.24. The summed E-state index contributed by atoms with van der Waals surface area (Å²) >= 11 is 0. The first-order valence-electron chi connectivity index (χ1n) is 6.94. The zero-order chi connectivity index (χ0) is 15.0. The molecule has 1 aromatic carbocycles. The van der Waals surface area contributed by atoms with E-state index in [4.69, 9.17) is 4.74 Å². The van der Waals surface area contributed by atoms with Gasteiger partial charge in [-0.1, -0.05) is 44.2 Å². The highest BCUT2D eigenvalue weighted by atomic mass is 19.4. The van der Waals surface area contributed by atoms with Gasteiger partial charge in [0, 0.05) is 0 Å². The molecule has 0 aliphatic heterocycles. The molecule has 0 saturated carbocycles. The highest BCUT2D eigenvalue weighted by molar-refractivity contribution is 5.20. The second-order valence-corrected chi connectivity index (χ2v) is 4.72. The first-order valence-corrected chi connectivity index (χ1v) is 6.94. The molecule has 5 heteroatoms. The van der Waals surface area contributed by atoms with Gasteiger partial charge in [0.25, 0.3) is 0 Å². The van der Waals surface area contributed by atoms with Crippen molar-refractivity contribution in [1.82, 2.24) is 5.32 Å². The SMILES string of the molecule is CCCNC(c1ccccc1)C(CC)OCC(F)(F)F. The number of alkyl halides is 3. The molecule has 0 aromatic heterocycles. The normalized spacial score (nSPS) is 15.1. The summed E-state index contributed by atoms with van der Waals surface area (Å²) < 4.78 is 42.1. The van der Waals surface area contributed by atoms with Crippen LogP contribution in [0.2, 0.25) is 0 Å². The Morgan fingerprint density at radius 1 is 1.15 bits per heavy atom. The molecule has 1 aromatic rings. The lowest BCUT2D eigenvalue weighted by atomic mass is 9.99. The fourth-order valence-electron chi connectivity index (χ4n) is 2.08. The smallest absolute Gasteiger partial charge is 0.367 e. The van der Waals surface area contributed by atoms with Crippen molar-refractivity contribution in [3.05, 3.63) is 35.9 Å². The van der Waals surface area contributed by atoms with Crippen LogP contribution in [0.5, 0.6) is 0 Å². The van der Waals surface area contributed by atoms with E-state index in [1.807, 2.05) is 44.2 Å². The van der Waals surface area contributed by atoms with E-state index in [0.717, 1.165) is 18.5 Å². The van der Waals surface area contributed by atoms with Crippen LogP contribution in [-0.2, 0) is 4.74 Å². The molecule has 0 aliphatic rings. The van der Waals surface area contributed by atoms with Crippen molar-refractivity contribution < 1.29 is 17.9 Å². The molecule has 0 aliphatic carbocycles. The molecule has 0 saturated heterocycles. The van der Waals surface area contributed by atoms with E-state index in [-0.39, 0.29) is 6.04 Å². The van der Waals surface area contributed by atoms with Gasteiger partial charge in [0.2, 0.25) is 0 Å². The Hall–Kier alpha value is -1.07. The maximum Gasteiger partial charge on any atom is 0.411 e. The molecular formula is C15H22F3NO. The van der Waals surface area contributed by atoms with Gasteiger partial charge in [0.15, 0.2) is 0 Å². The Bertz CT molecular complexity index is 367. The number of ether oxygens (including phenoxy) is 1. The van der Waals surface area contributed by atoms with E-state index in [0.29, 0.717) is 6.42 Å². The summed E-state index contributed by atoms with van der Waals surface area (Å²) in [5, 5.41) is 3.28. The summed E-state index contributed by atoms with van der Waals surface area (Å²) in [6.45, 7) is 3.39. The van der Waals surface area contributed by atoms with Gasteiger partial charge < -0.3 is 10.1 Å². The summed E-state index contributed by atoms with van der Waals surface area (Å²) in [5.41, 5.74) is 0.954. The fourth-order valence-corrected chi connectivity index (χ4v) is 2.08. The average Bonchev–Trinajstić information content (AvgIpc) is 2.42. The largest absolute Gasteiger partial charge is 0.411 e. The van der Waals surface area contributed by atoms with Crippen molar-refractivity contribution >= 4 is 0 Å². The Labute approximate surface area is 118 Å². The summed E-state index contributed by atoms with van der Waals surface area (Å²) in [4.78, 5) is 0. The van der Waals surface area contributed by atoms with Crippen LogP contribution >= 0.6 is 0 Å².